The van der Waals surface area contributed by atoms with Gasteiger partial charge in [0.2, 0.25) is 5.91 Å². The van der Waals surface area contributed by atoms with Gasteiger partial charge in [-0.15, -0.1) is 0 Å². The van der Waals surface area contributed by atoms with E-state index in [1.165, 1.54) is 5.69 Å². The van der Waals surface area contributed by atoms with Crippen molar-refractivity contribution in [3.05, 3.63) is 24.3 Å². The molecule has 0 bridgehead atoms. The van der Waals surface area contributed by atoms with E-state index in [4.69, 9.17) is 5.26 Å². The fourth-order valence-electron chi connectivity index (χ4n) is 3.75. The van der Waals surface area contributed by atoms with Crippen LogP contribution in [0.1, 0.15) is 19.3 Å². The van der Waals surface area contributed by atoms with Crippen LogP contribution in [0.5, 0.6) is 0 Å². The monoisotopic (exact) mass is 355 g/mol. The van der Waals surface area contributed by atoms with Crippen molar-refractivity contribution in [2.75, 3.05) is 63.1 Å². The van der Waals surface area contributed by atoms with Gasteiger partial charge in [0.05, 0.1) is 12.0 Å². The van der Waals surface area contributed by atoms with Crippen molar-refractivity contribution in [1.82, 2.24) is 9.80 Å². The first-order valence-corrected chi connectivity index (χ1v) is 9.59. The minimum atomic E-state index is 0.0137. The third-order valence-electron chi connectivity index (χ3n) is 5.42. The van der Waals surface area contributed by atoms with Crippen LogP contribution in [0, 0.1) is 17.2 Å². The number of carbonyl (C=O) groups excluding carboxylic acids is 1. The SMILES string of the molecule is CN1CCN(c2ccc(NC(=O)C3CCCN(CCC#N)C3)cc2)CC1. The molecule has 3 rings (SSSR count). The van der Waals surface area contributed by atoms with Gasteiger partial charge in [0.1, 0.15) is 0 Å². The Labute approximate surface area is 156 Å². The number of anilines is 2. The number of nitrogens with one attached hydrogen (secondary N) is 1. The number of likely N-dealkylation sites (N-methyl/N-ethyl adjacent to an activating group) is 1. The Morgan fingerprint density at radius 1 is 1.19 bits per heavy atom. The van der Waals surface area contributed by atoms with Gasteiger partial charge < -0.3 is 20.0 Å². The van der Waals surface area contributed by atoms with E-state index in [1.54, 1.807) is 0 Å². The Hall–Kier alpha value is -2.10. The van der Waals surface area contributed by atoms with Gasteiger partial charge in [-0.1, -0.05) is 0 Å². The molecule has 1 N–H and O–H groups in total. The zero-order valence-corrected chi connectivity index (χ0v) is 15.7. The maximum absolute atomic E-state index is 12.6. The predicted octanol–water partition coefficient (Wildman–Crippen LogP) is 2.00. The molecule has 140 valence electrons. The second kappa shape index (κ2) is 9.02. The highest BCUT2D eigenvalue weighted by Gasteiger charge is 2.25. The van der Waals surface area contributed by atoms with Gasteiger partial charge in [-0.2, -0.15) is 5.26 Å². The molecular formula is C20H29N5O. The Balaban J connectivity index is 1.52. The average Bonchev–Trinajstić information content (AvgIpc) is 2.68. The molecule has 1 aromatic rings. The minimum absolute atomic E-state index is 0.0137. The van der Waals surface area contributed by atoms with E-state index >= 15 is 0 Å². The smallest absolute Gasteiger partial charge is 0.228 e. The number of nitriles is 1. The summed E-state index contributed by atoms with van der Waals surface area (Å²) in [6, 6.07) is 10.4. The highest BCUT2D eigenvalue weighted by atomic mass is 16.1. The first kappa shape index (κ1) is 18.7. The van der Waals surface area contributed by atoms with Crippen molar-refractivity contribution in [1.29, 1.82) is 5.26 Å². The van der Waals surface area contributed by atoms with Gasteiger partial charge in [0.25, 0.3) is 0 Å². The van der Waals surface area contributed by atoms with Crippen LogP contribution in [0.4, 0.5) is 11.4 Å². The Morgan fingerprint density at radius 3 is 2.62 bits per heavy atom. The van der Waals surface area contributed by atoms with Crippen molar-refractivity contribution >= 4 is 17.3 Å². The van der Waals surface area contributed by atoms with Crippen molar-refractivity contribution in [2.45, 2.75) is 19.3 Å². The molecule has 1 amide bonds. The van der Waals surface area contributed by atoms with Crippen LogP contribution >= 0.6 is 0 Å². The number of hydrogen-bond donors (Lipinski definition) is 1. The third-order valence-corrected chi connectivity index (χ3v) is 5.42. The molecule has 1 atom stereocenters. The lowest BCUT2D eigenvalue weighted by Gasteiger charge is -2.34. The number of nitrogens with zero attached hydrogens (tertiary/aromatic N) is 4. The molecule has 6 heteroatoms. The zero-order valence-electron chi connectivity index (χ0n) is 15.7. The number of benzene rings is 1. The standard InChI is InChI=1S/C20H29N5O/c1-23-12-14-25(15-13-23)19-7-5-18(6-8-19)22-20(26)17-4-2-10-24(16-17)11-3-9-21/h5-8,17H,2-4,10-16H2,1H3,(H,22,26). The molecule has 0 saturated carbocycles. The minimum Gasteiger partial charge on any atom is -0.369 e. The number of likely N-dealkylation sites (tertiary alicyclic amines) is 1. The number of amides is 1. The van der Waals surface area contributed by atoms with E-state index in [0.717, 1.165) is 64.3 Å². The van der Waals surface area contributed by atoms with Crippen molar-refractivity contribution < 1.29 is 4.79 Å². The summed E-state index contributed by atoms with van der Waals surface area (Å²) in [5, 5.41) is 11.8. The van der Waals surface area contributed by atoms with E-state index < -0.39 is 0 Å². The Bertz CT molecular complexity index is 631. The predicted molar refractivity (Wildman–Crippen MR) is 104 cm³/mol. The van der Waals surface area contributed by atoms with Crippen molar-refractivity contribution in [3.8, 4) is 6.07 Å². The molecule has 1 aromatic carbocycles. The summed E-state index contributed by atoms with van der Waals surface area (Å²) in [6.07, 6.45) is 2.47. The second-order valence-corrected chi connectivity index (χ2v) is 7.37. The van der Waals surface area contributed by atoms with E-state index in [0.29, 0.717) is 6.42 Å². The topological polar surface area (TPSA) is 62.6 Å². The first-order valence-electron chi connectivity index (χ1n) is 9.59. The zero-order chi connectivity index (χ0) is 18.4. The van der Waals surface area contributed by atoms with Crippen LogP contribution in [0.3, 0.4) is 0 Å². The Kier molecular flexibility index (Phi) is 6.48. The third kappa shape index (κ3) is 4.96. The van der Waals surface area contributed by atoms with Gasteiger partial charge in [-0.3, -0.25) is 4.79 Å². The van der Waals surface area contributed by atoms with Crippen molar-refractivity contribution in [2.24, 2.45) is 5.92 Å². The highest BCUT2D eigenvalue weighted by molar-refractivity contribution is 5.92. The summed E-state index contributed by atoms with van der Waals surface area (Å²) < 4.78 is 0. The summed E-state index contributed by atoms with van der Waals surface area (Å²) in [5.41, 5.74) is 2.08. The van der Waals surface area contributed by atoms with Crippen molar-refractivity contribution in [3.63, 3.8) is 0 Å². The molecule has 0 spiro atoms. The van der Waals surface area contributed by atoms with E-state index in [-0.39, 0.29) is 11.8 Å². The molecule has 1 unspecified atom stereocenters. The maximum atomic E-state index is 12.6. The molecule has 0 aliphatic carbocycles. The molecule has 2 fully saturated rings. The normalized spacial score (nSPS) is 22.0. The lowest BCUT2D eigenvalue weighted by molar-refractivity contribution is -0.121. The van der Waals surface area contributed by atoms with Crippen LogP contribution in [0.25, 0.3) is 0 Å². The number of piperidine rings is 1. The van der Waals surface area contributed by atoms with Crippen LogP contribution in [0.15, 0.2) is 24.3 Å². The quantitative estimate of drug-likeness (QED) is 0.875. The molecule has 0 radical (unpaired) electrons. The summed E-state index contributed by atoms with van der Waals surface area (Å²) in [6.45, 7) is 6.77. The highest BCUT2D eigenvalue weighted by Crippen LogP contribution is 2.22. The summed E-state index contributed by atoms with van der Waals surface area (Å²) in [7, 11) is 2.16. The number of carbonyl (C=O) groups is 1. The fourth-order valence-corrected chi connectivity index (χ4v) is 3.75. The molecule has 2 aliphatic rings. The lowest BCUT2D eigenvalue weighted by Crippen LogP contribution is -2.44. The van der Waals surface area contributed by atoms with Crippen LogP contribution < -0.4 is 10.2 Å². The molecular weight excluding hydrogens is 326 g/mol. The largest absolute Gasteiger partial charge is 0.369 e. The molecule has 6 nitrogen and oxygen atoms in total. The first-order chi connectivity index (χ1) is 12.7. The van der Waals surface area contributed by atoms with Crippen LogP contribution in [-0.4, -0.2) is 68.6 Å². The van der Waals surface area contributed by atoms with Crippen LogP contribution in [0.2, 0.25) is 0 Å². The summed E-state index contributed by atoms with van der Waals surface area (Å²) >= 11 is 0. The molecule has 2 heterocycles. The van der Waals surface area contributed by atoms with E-state index in [9.17, 15) is 4.79 Å². The molecule has 26 heavy (non-hydrogen) atoms. The van der Waals surface area contributed by atoms with Crippen LogP contribution in [-0.2, 0) is 4.79 Å². The molecule has 2 aliphatic heterocycles. The number of hydrogen-bond acceptors (Lipinski definition) is 5. The lowest BCUT2D eigenvalue weighted by atomic mass is 9.97. The Morgan fingerprint density at radius 2 is 1.92 bits per heavy atom. The van der Waals surface area contributed by atoms with Gasteiger partial charge >= 0.3 is 0 Å². The van der Waals surface area contributed by atoms with Gasteiger partial charge in [0.15, 0.2) is 0 Å². The summed E-state index contributed by atoms with van der Waals surface area (Å²) in [4.78, 5) is 19.6. The second-order valence-electron chi connectivity index (χ2n) is 7.37. The van der Waals surface area contributed by atoms with Gasteiger partial charge in [-0.25, -0.2) is 0 Å². The summed E-state index contributed by atoms with van der Waals surface area (Å²) in [5.74, 6) is 0.110. The molecule has 2 saturated heterocycles. The molecule has 0 aromatic heterocycles. The van der Waals surface area contributed by atoms with E-state index in [2.05, 4.69) is 45.3 Å². The van der Waals surface area contributed by atoms with Gasteiger partial charge in [0, 0.05) is 57.1 Å². The van der Waals surface area contributed by atoms with E-state index in [1.807, 2.05) is 12.1 Å². The fraction of sp³-hybridized carbons (Fsp3) is 0.600. The number of piperazine rings is 1. The van der Waals surface area contributed by atoms with Gasteiger partial charge in [-0.05, 0) is 50.7 Å². The maximum Gasteiger partial charge on any atom is 0.228 e. The number of rotatable bonds is 5. The average molecular weight is 355 g/mol.